The average molecular weight is 379 g/mol. The summed E-state index contributed by atoms with van der Waals surface area (Å²) in [7, 11) is 0. The third-order valence-corrected chi connectivity index (χ3v) is 5.40. The van der Waals surface area contributed by atoms with Gasteiger partial charge in [-0.1, -0.05) is 33.3 Å². The van der Waals surface area contributed by atoms with E-state index in [0.717, 1.165) is 18.4 Å². The lowest BCUT2D eigenvalue weighted by molar-refractivity contribution is -0.183. The van der Waals surface area contributed by atoms with Crippen molar-refractivity contribution in [1.29, 1.82) is 0 Å². The van der Waals surface area contributed by atoms with Gasteiger partial charge < -0.3 is 14.9 Å². The zero-order chi connectivity index (χ0) is 20.0. The van der Waals surface area contributed by atoms with Gasteiger partial charge in [0.1, 0.15) is 0 Å². The number of rotatable bonds is 7. The molecule has 0 heterocycles. The highest BCUT2D eigenvalue weighted by Crippen LogP contribution is 2.37. The fourth-order valence-corrected chi connectivity index (χ4v) is 3.88. The first-order valence-corrected chi connectivity index (χ1v) is 9.93. The van der Waals surface area contributed by atoms with Crippen LogP contribution in [0.15, 0.2) is 18.2 Å². The van der Waals surface area contributed by atoms with Crippen molar-refractivity contribution in [1.82, 2.24) is 5.06 Å². The van der Waals surface area contributed by atoms with E-state index in [0.29, 0.717) is 37.4 Å². The zero-order valence-corrected chi connectivity index (χ0v) is 16.9. The van der Waals surface area contributed by atoms with Crippen LogP contribution < -0.4 is 0 Å². The van der Waals surface area contributed by atoms with E-state index in [1.165, 1.54) is 23.6 Å². The Morgan fingerprint density at radius 3 is 2.63 bits per heavy atom. The first-order chi connectivity index (χ1) is 12.8. The van der Waals surface area contributed by atoms with Gasteiger partial charge in [-0.05, 0) is 61.6 Å². The molecule has 0 radical (unpaired) electrons. The molecule has 152 valence electrons. The Balaban J connectivity index is 2.08. The van der Waals surface area contributed by atoms with Gasteiger partial charge >= 0.3 is 6.09 Å². The number of hydroxylamine groups is 2. The van der Waals surface area contributed by atoms with Crippen LogP contribution in [0.3, 0.4) is 0 Å². The molecule has 1 fully saturated rings. The van der Waals surface area contributed by atoms with Gasteiger partial charge in [-0.3, -0.25) is 4.84 Å². The van der Waals surface area contributed by atoms with Gasteiger partial charge in [-0.15, -0.1) is 0 Å². The van der Waals surface area contributed by atoms with Crippen molar-refractivity contribution in [2.24, 2.45) is 17.8 Å². The monoisotopic (exact) mass is 379 g/mol. The van der Waals surface area contributed by atoms with Crippen LogP contribution in [0.5, 0.6) is 11.5 Å². The quantitative estimate of drug-likeness (QED) is 0.539. The van der Waals surface area contributed by atoms with Crippen LogP contribution in [0.4, 0.5) is 4.79 Å². The summed E-state index contributed by atoms with van der Waals surface area (Å²) in [5.41, 5.74) is 0.825. The standard InChI is InChI=1S/C21H33NO5/c1-5-26-21(25)22(18-12-15(4)6-8-17(18)14(2)3)27-11-10-16-7-9-19(23)20(24)13-16/h7,9,13-15,17-18,23-24H,5-6,8,10-12H2,1-4H3/t15-,17+,18-/m1/s1. The van der Waals surface area contributed by atoms with Gasteiger partial charge in [-0.25, -0.2) is 4.79 Å². The molecule has 1 aliphatic carbocycles. The SMILES string of the molecule is CCOC(=O)N(OCCc1ccc(O)c(O)c1)[C@@H]1C[C@H](C)CC[C@H]1C(C)C. The molecule has 1 aliphatic rings. The number of carbonyl (C=O) groups excluding carboxylic acids is 1. The maximum Gasteiger partial charge on any atom is 0.434 e. The minimum atomic E-state index is -0.434. The maximum absolute atomic E-state index is 12.6. The molecular weight excluding hydrogens is 346 g/mol. The van der Waals surface area contributed by atoms with E-state index in [2.05, 4.69) is 20.8 Å². The molecule has 6 heteroatoms. The number of aromatic hydroxyl groups is 2. The molecule has 2 rings (SSSR count). The summed E-state index contributed by atoms with van der Waals surface area (Å²) in [5, 5.41) is 20.5. The van der Waals surface area contributed by atoms with E-state index in [1.807, 2.05) is 0 Å². The van der Waals surface area contributed by atoms with E-state index >= 15 is 0 Å². The third kappa shape index (κ3) is 5.76. The molecule has 0 bridgehead atoms. The minimum absolute atomic E-state index is 0.000945. The molecule has 0 saturated heterocycles. The Kier molecular flexibility index (Phi) is 7.78. The summed E-state index contributed by atoms with van der Waals surface area (Å²) in [5.74, 6) is 1.07. The van der Waals surface area contributed by atoms with Crippen molar-refractivity contribution in [2.75, 3.05) is 13.2 Å². The number of carbonyl (C=O) groups is 1. The van der Waals surface area contributed by atoms with Crippen molar-refractivity contribution in [3.63, 3.8) is 0 Å². The van der Waals surface area contributed by atoms with Crippen LogP contribution in [0, 0.1) is 17.8 Å². The Bertz CT molecular complexity index is 619. The van der Waals surface area contributed by atoms with E-state index in [4.69, 9.17) is 9.57 Å². The Morgan fingerprint density at radius 2 is 2.00 bits per heavy atom. The summed E-state index contributed by atoms with van der Waals surface area (Å²) in [6.45, 7) is 8.98. The fraction of sp³-hybridized carbons (Fsp3) is 0.667. The second kappa shape index (κ2) is 9.83. The van der Waals surface area contributed by atoms with Crippen molar-refractivity contribution in [3.8, 4) is 11.5 Å². The fourth-order valence-electron chi connectivity index (χ4n) is 3.88. The van der Waals surface area contributed by atoms with Crippen LogP contribution >= 0.6 is 0 Å². The van der Waals surface area contributed by atoms with Gasteiger partial charge in [0.25, 0.3) is 0 Å². The van der Waals surface area contributed by atoms with E-state index in [1.54, 1.807) is 13.0 Å². The highest BCUT2D eigenvalue weighted by molar-refractivity contribution is 5.66. The predicted molar refractivity (Wildman–Crippen MR) is 103 cm³/mol. The minimum Gasteiger partial charge on any atom is -0.504 e. The molecule has 1 aromatic rings. The molecular formula is C21H33NO5. The van der Waals surface area contributed by atoms with E-state index in [9.17, 15) is 15.0 Å². The van der Waals surface area contributed by atoms with E-state index < -0.39 is 6.09 Å². The number of hydrogen-bond donors (Lipinski definition) is 2. The summed E-state index contributed by atoms with van der Waals surface area (Å²) in [6.07, 6.45) is 3.23. The topological polar surface area (TPSA) is 79.2 Å². The largest absolute Gasteiger partial charge is 0.504 e. The van der Waals surface area contributed by atoms with Gasteiger partial charge in [0.05, 0.1) is 19.3 Å². The molecule has 6 nitrogen and oxygen atoms in total. The normalized spacial score (nSPS) is 22.6. The van der Waals surface area contributed by atoms with Crippen LogP contribution in [-0.2, 0) is 16.0 Å². The summed E-state index contributed by atoms with van der Waals surface area (Å²) in [4.78, 5) is 18.5. The molecule has 3 atom stereocenters. The second-order valence-electron chi connectivity index (χ2n) is 7.82. The first-order valence-electron chi connectivity index (χ1n) is 9.93. The highest BCUT2D eigenvalue weighted by atomic mass is 16.7. The molecule has 0 aromatic heterocycles. The van der Waals surface area contributed by atoms with Gasteiger partial charge in [0.15, 0.2) is 11.5 Å². The molecule has 1 amide bonds. The van der Waals surface area contributed by atoms with Crippen LogP contribution in [0.2, 0.25) is 0 Å². The lowest BCUT2D eigenvalue weighted by Gasteiger charge is -2.42. The van der Waals surface area contributed by atoms with Gasteiger partial charge in [0, 0.05) is 0 Å². The molecule has 1 aromatic carbocycles. The van der Waals surface area contributed by atoms with Crippen molar-refractivity contribution in [2.45, 2.75) is 59.4 Å². The van der Waals surface area contributed by atoms with E-state index in [-0.39, 0.29) is 17.5 Å². The maximum atomic E-state index is 12.6. The molecule has 0 spiro atoms. The number of hydrogen-bond acceptors (Lipinski definition) is 5. The Morgan fingerprint density at radius 1 is 1.26 bits per heavy atom. The predicted octanol–water partition coefficient (Wildman–Crippen LogP) is 4.49. The lowest BCUT2D eigenvalue weighted by Crippen LogP contribution is -2.49. The highest BCUT2D eigenvalue weighted by Gasteiger charge is 2.38. The van der Waals surface area contributed by atoms with Crippen LogP contribution in [0.1, 0.15) is 52.5 Å². The van der Waals surface area contributed by atoms with Crippen molar-refractivity contribution >= 4 is 6.09 Å². The molecule has 2 N–H and O–H groups in total. The van der Waals surface area contributed by atoms with Crippen molar-refractivity contribution < 1.29 is 24.6 Å². The van der Waals surface area contributed by atoms with Gasteiger partial charge in [-0.2, -0.15) is 5.06 Å². The Hall–Kier alpha value is -1.95. The zero-order valence-electron chi connectivity index (χ0n) is 16.9. The smallest absolute Gasteiger partial charge is 0.434 e. The number of benzene rings is 1. The summed E-state index contributed by atoms with van der Waals surface area (Å²) >= 11 is 0. The van der Waals surface area contributed by atoms with Crippen molar-refractivity contribution in [3.05, 3.63) is 23.8 Å². The molecule has 0 aliphatic heterocycles. The number of nitrogens with zero attached hydrogens (tertiary/aromatic N) is 1. The van der Waals surface area contributed by atoms with Gasteiger partial charge in [0.2, 0.25) is 0 Å². The third-order valence-electron chi connectivity index (χ3n) is 5.40. The molecule has 1 saturated carbocycles. The van der Waals surface area contributed by atoms with Crippen LogP contribution in [0.25, 0.3) is 0 Å². The average Bonchev–Trinajstić information content (AvgIpc) is 2.61. The number of ether oxygens (including phenoxy) is 1. The number of phenolic OH excluding ortho intramolecular Hbond substituents is 2. The number of phenols is 2. The molecule has 0 unspecified atom stereocenters. The lowest BCUT2D eigenvalue weighted by atomic mass is 9.74. The summed E-state index contributed by atoms with van der Waals surface area (Å²) in [6, 6.07) is 4.69. The molecule has 27 heavy (non-hydrogen) atoms. The van der Waals surface area contributed by atoms with Crippen LogP contribution in [-0.4, -0.2) is 40.6 Å². The first kappa shape index (κ1) is 21.4. The number of amides is 1. The summed E-state index contributed by atoms with van der Waals surface area (Å²) < 4.78 is 5.25. The Labute approximate surface area is 162 Å². The second-order valence-corrected chi connectivity index (χ2v) is 7.82.